The first kappa shape index (κ1) is 23.3. The van der Waals surface area contributed by atoms with Crippen LogP contribution < -0.4 is 10.1 Å². The molecule has 3 atom stereocenters. The summed E-state index contributed by atoms with van der Waals surface area (Å²) in [6.07, 6.45) is 6.00. The van der Waals surface area contributed by atoms with Crippen LogP contribution in [-0.2, 0) is 17.9 Å². The van der Waals surface area contributed by atoms with Crippen molar-refractivity contribution in [2.45, 2.75) is 64.2 Å². The van der Waals surface area contributed by atoms with Gasteiger partial charge in [-0.25, -0.2) is 0 Å². The maximum Gasteiger partial charge on any atom is 0.271 e. The molecule has 184 valence electrons. The summed E-state index contributed by atoms with van der Waals surface area (Å²) in [4.78, 5) is 29.6. The van der Waals surface area contributed by atoms with Crippen LogP contribution in [0.4, 0.5) is 0 Å². The fraction of sp³-hybridized carbons (Fsp3) is 0.429. The van der Waals surface area contributed by atoms with E-state index in [1.54, 1.807) is 18.3 Å². The van der Waals surface area contributed by atoms with Crippen LogP contribution >= 0.6 is 0 Å². The summed E-state index contributed by atoms with van der Waals surface area (Å²) in [5.74, 6) is 1.48. The third-order valence-electron chi connectivity index (χ3n) is 7.72. The van der Waals surface area contributed by atoms with Crippen molar-refractivity contribution in [2.24, 2.45) is 5.92 Å². The molecule has 3 unspecified atom stereocenters. The highest BCUT2D eigenvalue weighted by atomic mass is 16.5. The second-order valence-corrected chi connectivity index (χ2v) is 9.99. The van der Waals surface area contributed by atoms with E-state index in [0.717, 1.165) is 30.5 Å². The lowest BCUT2D eigenvalue weighted by Crippen LogP contribution is -2.65. The minimum absolute atomic E-state index is 0.117. The molecular weight excluding hydrogens is 442 g/mol. The molecular formula is C28H33N3O4. The Balaban J connectivity index is 1.55. The number of fused-ring (bicyclic) bond motifs is 1. The summed E-state index contributed by atoms with van der Waals surface area (Å²) < 4.78 is 13.1. The van der Waals surface area contributed by atoms with E-state index in [1.807, 2.05) is 60.0 Å². The first-order chi connectivity index (χ1) is 16.9. The van der Waals surface area contributed by atoms with Crippen molar-refractivity contribution < 1.29 is 18.7 Å². The summed E-state index contributed by atoms with van der Waals surface area (Å²) >= 11 is 0. The van der Waals surface area contributed by atoms with Gasteiger partial charge in [0.2, 0.25) is 5.91 Å². The van der Waals surface area contributed by atoms with E-state index in [-0.39, 0.29) is 24.4 Å². The molecule has 1 aliphatic carbocycles. The molecule has 1 saturated carbocycles. The molecule has 2 aromatic heterocycles. The quantitative estimate of drug-likeness (QED) is 0.552. The van der Waals surface area contributed by atoms with Gasteiger partial charge in [0, 0.05) is 11.6 Å². The Morgan fingerprint density at radius 2 is 1.89 bits per heavy atom. The Kier molecular flexibility index (Phi) is 6.17. The molecule has 5 rings (SSSR count). The zero-order valence-electron chi connectivity index (χ0n) is 20.6. The number of methoxy groups -OCH3 is 1. The van der Waals surface area contributed by atoms with Crippen LogP contribution in [0.15, 0.2) is 59.2 Å². The number of hydrogen-bond acceptors (Lipinski definition) is 4. The van der Waals surface area contributed by atoms with E-state index in [1.165, 1.54) is 6.42 Å². The van der Waals surface area contributed by atoms with Crippen LogP contribution in [0.1, 0.15) is 55.6 Å². The topological polar surface area (TPSA) is 76.7 Å². The molecule has 2 aliphatic rings. The van der Waals surface area contributed by atoms with Crippen LogP contribution in [0.5, 0.6) is 5.75 Å². The van der Waals surface area contributed by atoms with Gasteiger partial charge in [-0.1, -0.05) is 38.0 Å². The average molecular weight is 476 g/mol. The number of amides is 2. The predicted molar refractivity (Wildman–Crippen MR) is 133 cm³/mol. The summed E-state index contributed by atoms with van der Waals surface area (Å²) in [6, 6.07) is 15.2. The van der Waals surface area contributed by atoms with Crippen LogP contribution in [0, 0.1) is 5.92 Å². The number of benzene rings is 1. The van der Waals surface area contributed by atoms with Crippen molar-refractivity contribution in [3.05, 3.63) is 66.1 Å². The number of nitrogens with one attached hydrogen (secondary N) is 1. The molecule has 3 aromatic rings. The molecule has 0 radical (unpaired) electrons. The second kappa shape index (κ2) is 9.29. The Labute approximate surface area is 206 Å². The molecule has 1 aliphatic heterocycles. The van der Waals surface area contributed by atoms with Gasteiger partial charge in [-0.15, -0.1) is 0 Å². The largest absolute Gasteiger partial charge is 0.496 e. The van der Waals surface area contributed by atoms with Gasteiger partial charge in [-0.3, -0.25) is 9.59 Å². The fourth-order valence-electron chi connectivity index (χ4n) is 5.52. The number of furan rings is 1. The van der Waals surface area contributed by atoms with Crippen molar-refractivity contribution in [3.8, 4) is 17.2 Å². The lowest BCUT2D eigenvalue weighted by molar-refractivity contribution is -0.134. The minimum atomic E-state index is -1.09. The van der Waals surface area contributed by atoms with Crippen LogP contribution in [0.2, 0.25) is 0 Å². The van der Waals surface area contributed by atoms with E-state index in [0.29, 0.717) is 29.7 Å². The third-order valence-corrected chi connectivity index (χ3v) is 7.72. The summed E-state index contributed by atoms with van der Waals surface area (Å²) in [7, 11) is 1.62. The number of nitrogens with zero attached hydrogens (tertiary/aromatic N) is 2. The molecule has 1 fully saturated rings. The van der Waals surface area contributed by atoms with E-state index in [2.05, 4.69) is 12.2 Å². The van der Waals surface area contributed by atoms with Crippen LogP contribution in [-0.4, -0.2) is 40.0 Å². The maximum atomic E-state index is 14.0. The number of hydrogen-bond donors (Lipinski definition) is 1. The summed E-state index contributed by atoms with van der Waals surface area (Å²) in [5, 5.41) is 3.32. The zero-order valence-corrected chi connectivity index (χ0v) is 20.6. The number of carbonyl (C=O) groups is 2. The van der Waals surface area contributed by atoms with Gasteiger partial charge >= 0.3 is 0 Å². The molecule has 3 heterocycles. The normalized spacial score (nSPS) is 24.2. The highest BCUT2D eigenvalue weighted by molar-refractivity contribution is 6.00. The molecule has 7 nitrogen and oxygen atoms in total. The Morgan fingerprint density at radius 1 is 1.11 bits per heavy atom. The van der Waals surface area contributed by atoms with Gasteiger partial charge in [0.15, 0.2) is 0 Å². The Morgan fingerprint density at radius 3 is 2.63 bits per heavy atom. The first-order valence-corrected chi connectivity index (χ1v) is 12.4. The fourth-order valence-corrected chi connectivity index (χ4v) is 5.52. The smallest absolute Gasteiger partial charge is 0.271 e. The lowest BCUT2D eigenvalue weighted by Gasteiger charge is -2.45. The monoisotopic (exact) mass is 475 g/mol. The van der Waals surface area contributed by atoms with Gasteiger partial charge in [0.1, 0.15) is 22.7 Å². The third kappa shape index (κ3) is 4.13. The average Bonchev–Trinajstić information content (AvgIpc) is 3.53. The molecule has 0 spiro atoms. The molecule has 0 saturated heterocycles. The predicted octanol–water partition coefficient (Wildman–Crippen LogP) is 4.87. The van der Waals surface area contributed by atoms with Gasteiger partial charge in [0.05, 0.1) is 32.2 Å². The standard InChI is InChI=1S/C28H33N3O4/c1-19-9-4-6-11-21(19)29-27(33)28(2)18-30-22(25-13-8-16-35-25)14-15-23(30)26(32)31(28)17-20-10-5-7-12-24(20)34-3/h5,7-8,10,12-16,19,21H,4,6,9,11,17-18H2,1-3H3,(H,29,33). The van der Waals surface area contributed by atoms with Crippen molar-refractivity contribution in [1.82, 2.24) is 14.8 Å². The number of carbonyl (C=O) groups excluding carboxylic acids is 2. The second-order valence-electron chi connectivity index (χ2n) is 9.99. The Bertz CT molecular complexity index is 1210. The Hall–Kier alpha value is -3.48. The zero-order chi connectivity index (χ0) is 24.6. The molecule has 1 N–H and O–H groups in total. The van der Waals surface area contributed by atoms with Gasteiger partial charge < -0.3 is 23.9 Å². The minimum Gasteiger partial charge on any atom is -0.496 e. The first-order valence-electron chi connectivity index (χ1n) is 12.4. The summed E-state index contributed by atoms with van der Waals surface area (Å²) in [6.45, 7) is 4.68. The lowest BCUT2D eigenvalue weighted by atomic mass is 9.85. The number of ether oxygens (including phenoxy) is 1. The molecule has 2 amide bonds. The van der Waals surface area contributed by atoms with Crippen molar-refractivity contribution in [2.75, 3.05) is 7.11 Å². The maximum absolute atomic E-state index is 14.0. The van der Waals surface area contributed by atoms with Gasteiger partial charge in [0.25, 0.3) is 5.91 Å². The molecule has 1 aromatic carbocycles. The van der Waals surface area contributed by atoms with E-state index >= 15 is 0 Å². The van der Waals surface area contributed by atoms with Gasteiger partial charge in [-0.2, -0.15) is 0 Å². The van der Waals surface area contributed by atoms with Crippen molar-refractivity contribution in [3.63, 3.8) is 0 Å². The van der Waals surface area contributed by atoms with E-state index < -0.39 is 5.54 Å². The van der Waals surface area contributed by atoms with Crippen LogP contribution in [0.25, 0.3) is 11.5 Å². The number of para-hydroxylation sites is 1. The van der Waals surface area contributed by atoms with E-state index in [9.17, 15) is 9.59 Å². The van der Waals surface area contributed by atoms with E-state index in [4.69, 9.17) is 9.15 Å². The summed E-state index contributed by atoms with van der Waals surface area (Å²) in [5.41, 5.74) is 1.10. The molecule has 7 heteroatoms. The number of aromatic nitrogens is 1. The van der Waals surface area contributed by atoms with Crippen molar-refractivity contribution >= 4 is 11.8 Å². The highest BCUT2D eigenvalue weighted by Crippen LogP contribution is 2.36. The van der Waals surface area contributed by atoms with Crippen LogP contribution in [0.3, 0.4) is 0 Å². The SMILES string of the molecule is COc1ccccc1CN1C(=O)c2ccc(-c3ccco3)n2CC1(C)C(=O)NC1CCCCC1C. The van der Waals surface area contributed by atoms with Crippen molar-refractivity contribution in [1.29, 1.82) is 0 Å². The highest BCUT2D eigenvalue weighted by Gasteiger charge is 2.48. The van der Waals surface area contributed by atoms with Gasteiger partial charge in [-0.05, 0) is 56.0 Å². The number of rotatable bonds is 6. The molecule has 0 bridgehead atoms. The molecule has 35 heavy (non-hydrogen) atoms.